The van der Waals surface area contributed by atoms with Gasteiger partial charge < -0.3 is 15.4 Å². The molecule has 0 aliphatic heterocycles. The second-order valence-corrected chi connectivity index (χ2v) is 4.55. The van der Waals surface area contributed by atoms with E-state index in [9.17, 15) is 4.79 Å². The molecule has 0 aliphatic rings. The SMILES string of the molecule is CCC(C)(CC)NCC(=O)NC(C)COC. The number of hydrogen-bond acceptors (Lipinski definition) is 3. The lowest BCUT2D eigenvalue weighted by atomic mass is 9.96. The number of ether oxygens (including phenoxy) is 1. The van der Waals surface area contributed by atoms with Gasteiger partial charge in [0.25, 0.3) is 0 Å². The molecule has 0 radical (unpaired) electrons. The van der Waals surface area contributed by atoms with Crippen LogP contribution in [0.3, 0.4) is 0 Å². The van der Waals surface area contributed by atoms with Crippen LogP contribution in [0.2, 0.25) is 0 Å². The minimum absolute atomic E-state index is 0.0256. The molecule has 1 amide bonds. The maximum Gasteiger partial charge on any atom is 0.234 e. The molecule has 0 fully saturated rings. The summed E-state index contributed by atoms with van der Waals surface area (Å²) in [5, 5.41) is 6.16. The third kappa shape index (κ3) is 6.08. The quantitative estimate of drug-likeness (QED) is 0.661. The van der Waals surface area contributed by atoms with E-state index in [1.54, 1.807) is 7.11 Å². The van der Waals surface area contributed by atoms with Gasteiger partial charge in [-0.2, -0.15) is 0 Å². The van der Waals surface area contributed by atoms with Gasteiger partial charge in [-0.15, -0.1) is 0 Å². The molecule has 0 heterocycles. The van der Waals surface area contributed by atoms with Crippen LogP contribution in [-0.2, 0) is 9.53 Å². The third-order valence-corrected chi connectivity index (χ3v) is 3.06. The predicted molar refractivity (Wildman–Crippen MR) is 66.5 cm³/mol. The molecule has 4 heteroatoms. The van der Waals surface area contributed by atoms with Gasteiger partial charge in [-0.25, -0.2) is 0 Å². The van der Waals surface area contributed by atoms with Gasteiger partial charge in [0.1, 0.15) is 0 Å². The van der Waals surface area contributed by atoms with Gasteiger partial charge in [0.05, 0.1) is 13.2 Å². The topological polar surface area (TPSA) is 50.4 Å². The van der Waals surface area contributed by atoms with Crippen LogP contribution in [0, 0.1) is 0 Å². The van der Waals surface area contributed by atoms with Crippen LogP contribution in [0.1, 0.15) is 40.5 Å². The fourth-order valence-electron chi connectivity index (χ4n) is 1.41. The van der Waals surface area contributed by atoms with Crippen molar-refractivity contribution < 1.29 is 9.53 Å². The summed E-state index contributed by atoms with van der Waals surface area (Å²) in [7, 11) is 1.63. The van der Waals surface area contributed by atoms with Crippen molar-refractivity contribution in [2.24, 2.45) is 0 Å². The van der Waals surface area contributed by atoms with Crippen LogP contribution in [-0.4, -0.2) is 37.7 Å². The average molecular weight is 230 g/mol. The molecule has 1 unspecified atom stereocenters. The van der Waals surface area contributed by atoms with Crippen molar-refractivity contribution in [3.05, 3.63) is 0 Å². The first-order valence-electron chi connectivity index (χ1n) is 6.00. The Kier molecular flexibility index (Phi) is 7.34. The molecule has 0 aliphatic carbocycles. The molecule has 0 bridgehead atoms. The van der Waals surface area contributed by atoms with E-state index in [4.69, 9.17) is 4.74 Å². The predicted octanol–water partition coefficient (Wildman–Crippen LogP) is 1.31. The second kappa shape index (κ2) is 7.63. The average Bonchev–Trinajstić information content (AvgIpc) is 2.26. The maximum atomic E-state index is 11.6. The summed E-state index contributed by atoms with van der Waals surface area (Å²) in [6.07, 6.45) is 2.04. The maximum absolute atomic E-state index is 11.6. The van der Waals surface area contributed by atoms with E-state index >= 15 is 0 Å². The van der Waals surface area contributed by atoms with Crippen LogP contribution in [0.15, 0.2) is 0 Å². The van der Waals surface area contributed by atoms with Crippen LogP contribution >= 0.6 is 0 Å². The van der Waals surface area contributed by atoms with Gasteiger partial charge in [0, 0.05) is 18.7 Å². The minimum Gasteiger partial charge on any atom is -0.383 e. The molecule has 4 nitrogen and oxygen atoms in total. The third-order valence-electron chi connectivity index (χ3n) is 3.06. The molecule has 0 aromatic rings. The molecular weight excluding hydrogens is 204 g/mol. The van der Waals surface area contributed by atoms with Gasteiger partial charge >= 0.3 is 0 Å². The Morgan fingerprint density at radius 2 is 1.94 bits per heavy atom. The van der Waals surface area contributed by atoms with Crippen molar-refractivity contribution in [3.8, 4) is 0 Å². The van der Waals surface area contributed by atoms with Crippen molar-refractivity contribution in [3.63, 3.8) is 0 Å². The summed E-state index contributed by atoms with van der Waals surface area (Å²) in [5.41, 5.74) is 0.0574. The number of carbonyl (C=O) groups is 1. The first-order chi connectivity index (χ1) is 7.47. The Bertz CT molecular complexity index is 203. The second-order valence-electron chi connectivity index (χ2n) is 4.55. The molecule has 0 saturated carbocycles. The van der Waals surface area contributed by atoms with Crippen LogP contribution < -0.4 is 10.6 Å². The Labute approximate surface area is 99.1 Å². The van der Waals surface area contributed by atoms with Gasteiger partial charge in [0.2, 0.25) is 5.91 Å². The molecule has 0 spiro atoms. The Morgan fingerprint density at radius 1 is 1.38 bits per heavy atom. The first-order valence-corrected chi connectivity index (χ1v) is 6.00. The van der Waals surface area contributed by atoms with Crippen LogP contribution in [0.4, 0.5) is 0 Å². The molecule has 0 saturated heterocycles. The highest BCUT2D eigenvalue weighted by atomic mass is 16.5. The lowest BCUT2D eigenvalue weighted by Gasteiger charge is -2.28. The number of rotatable bonds is 8. The monoisotopic (exact) mass is 230 g/mol. The van der Waals surface area contributed by atoms with Crippen LogP contribution in [0.25, 0.3) is 0 Å². The molecule has 0 aromatic carbocycles. The van der Waals surface area contributed by atoms with Crippen molar-refractivity contribution >= 4 is 5.91 Å². The zero-order chi connectivity index (χ0) is 12.6. The number of nitrogens with one attached hydrogen (secondary N) is 2. The Hall–Kier alpha value is -0.610. The Morgan fingerprint density at radius 3 is 2.38 bits per heavy atom. The lowest BCUT2D eigenvalue weighted by Crippen LogP contribution is -2.48. The van der Waals surface area contributed by atoms with E-state index in [1.807, 2.05) is 6.92 Å². The summed E-state index contributed by atoms with van der Waals surface area (Å²) in [4.78, 5) is 11.6. The van der Waals surface area contributed by atoms with E-state index in [2.05, 4.69) is 31.4 Å². The highest BCUT2D eigenvalue weighted by Crippen LogP contribution is 2.12. The van der Waals surface area contributed by atoms with E-state index in [-0.39, 0.29) is 17.5 Å². The fraction of sp³-hybridized carbons (Fsp3) is 0.917. The zero-order valence-electron chi connectivity index (χ0n) is 11.2. The molecule has 96 valence electrons. The molecule has 2 N–H and O–H groups in total. The summed E-state index contributed by atoms with van der Waals surface area (Å²) >= 11 is 0. The van der Waals surface area contributed by atoms with Gasteiger partial charge in [-0.05, 0) is 26.7 Å². The molecule has 16 heavy (non-hydrogen) atoms. The number of methoxy groups -OCH3 is 1. The zero-order valence-corrected chi connectivity index (χ0v) is 11.2. The van der Waals surface area contributed by atoms with E-state index < -0.39 is 0 Å². The van der Waals surface area contributed by atoms with Crippen molar-refractivity contribution in [1.82, 2.24) is 10.6 Å². The smallest absolute Gasteiger partial charge is 0.234 e. The number of amides is 1. The molecule has 0 aromatic heterocycles. The summed E-state index contributed by atoms with van der Waals surface area (Å²) in [6.45, 7) is 9.24. The standard InChI is InChI=1S/C12H26N2O2/c1-6-12(4,7-2)13-8-11(15)14-10(3)9-16-5/h10,13H,6-9H2,1-5H3,(H,14,15). The van der Waals surface area contributed by atoms with Crippen molar-refractivity contribution in [2.75, 3.05) is 20.3 Å². The van der Waals surface area contributed by atoms with Crippen molar-refractivity contribution in [1.29, 1.82) is 0 Å². The molecule has 0 rings (SSSR count). The Balaban J connectivity index is 3.88. The summed E-state index contributed by atoms with van der Waals surface area (Å²) in [6, 6.07) is 0.0637. The van der Waals surface area contributed by atoms with Crippen molar-refractivity contribution in [2.45, 2.75) is 52.1 Å². The largest absolute Gasteiger partial charge is 0.383 e. The summed E-state index contributed by atoms with van der Waals surface area (Å²) in [5.74, 6) is 0.0256. The van der Waals surface area contributed by atoms with E-state index in [0.717, 1.165) is 12.8 Å². The number of hydrogen-bond donors (Lipinski definition) is 2. The minimum atomic E-state index is 0.0256. The van der Waals surface area contributed by atoms with Crippen LogP contribution in [0.5, 0.6) is 0 Å². The van der Waals surface area contributed by atoms with Gasteiger partial charge in [0.15, 0.2) is 0 Å². The summed E-state index contributed by atoms with van der Waals surface area (Å²) < 4.78 is 4.96. The van der Waals surface area contributed by atoms with E-state index in [0.29, 0.717) is 13.2 Å². The normalized spacial score (nSPS) is 13.6. The van der Waals surface area contributed by atoms with Gasteiger partial charge in [-0.1, -0.05) is 13.8 Å². The highest BCUT2D eigenvalue weighted by Gasteiger charge is 2.19. The van der Waals surface area contributed by atoms with Gasteiger partial charge in [-0.3, -0.25) is 4.79 Å². The first kappa shape index (κ1) is 15.4. The highest BCUT2D eigenvalue weighted by molar-refractivity contribution is 5.78. The van der Waals surface area contributed by atoms with E-state index in [1.165, 1.54) is 0 Å². The number of carbonyl (C=O) groups excluding carboxylic acids is 1. The molecular formula is C12H26N2O2. The fourth-order valence-corrected chi connectivity index (χ4v) is 1.41. The molecule has 1 atom stereocenters. The lowest BCUT2D eigenvalue weighted by molar-refractivity contribution is -0.121.